The highest BCUT2D eigenvalue weighted by Crippen LogP contribution is 2.40. The fourth-order valence-corrected chi connectivity index (χ4v) is 4.18. The minimum Gasteiger partial charge on any atom is -0.354 e. The first-order chi connectivity index (χ1) is 10.9. The lowest BCUT2D eigenvalue weighted by molar-refractivity contribution is 1.39. The standard InChI is InChI=1S/C20H13NS/c1-4-8-19-13(5-1)9-10-14-11-16-15-6-2-3-7-17(15)21-18(16)12-20(14)22-19/h1-12,21H. The van der Waals surface area contributed by atoms with Crippen molar-refractivity contribution in [2.45, 2.75) is 9.79 Å². The lowest BCUT2D eigenvalue weighted by Gasteiger charge is -2.06. The first-order valence-electron chi connectivity index (χ1n) is 7.38. The first kappa shape index (κ1) is 12.1. The van der Waals surface area contributed by atoms with Crippen LogP contribution in [0.5, 0.6) is 0 Å². The molecule has 0 saturated heterocycles. The molecule has 0 amide bonds. The summed E-state index contributed by atoms with van der Waals surface area (Å²) >= 11 is 1.85. The van der Waals surface area contributed by atoms with Crippen LogP contribution in [0.15, 0.2) is 70.5 Å². The van der Waals surface area contributed by atoms with E-state index < -0.39 is 0 Å². The Labute approximate surface area is 132 Å². The smallest absolute Gasteiger partial charge is 0.0476 e. The van der Waals surface area contributed by atoms with Gasteiger partial charge in [-0.05, 0) is 35.4 Å². The van der Waals surface area contributed by atoms with E-state index in [1.165, 1.54) is 42.7 Å². The first-order valence-corrected chi connectivity index (χ1v) is 8.19. The van der Waals surface area contributed by atoms with Gasteiger partial charge in [-0.25, -0.2) is 0 Å². The maximum absolute atomic E-state index is 3.54. The lowest BCUT2D eigenvalue weighted by atomic mass is 10.1. The number of aromatic nitrogens is 1. The van der Waals surface area contributed by atoms with Crippen molar-refractivity contribution in [2.24, 2.45) is 0 Å². The number of benzene rings is 3. The molecule has 2 heterocycles. The number of H-pyrrole nitrogens is 1. The fraction of sp³-hybridized carbons (Fsp3) is 0. The number of rotatable bonds is 0. The Morgan fingerprint density at radius 1 is 0.636 bits per heavy atom. The number of hydrogen-bond donors (Lipinski definition) is 1. The van der Waals surface area contributed by atoms with Gasteiger partial charge < -0.3 is 4.98 Å². The molecule has 1 aliphatic heterocycles. The molecule has 4 aromatic rings. The molecule has 0 aliphatic carbocycles. The van der Waals surface area contributed by atoms with E-state index in [9.17, 15) is 0 Å². The third-order valence-corrected chi connectivity index (χ3v) is 5.38. The van der Waals surface area contributed by atoms with E-state index in [0.717, 1.165) is 0 Å². The molecule has 0 radical (unpaired) electrons. The number of aromatic amines is 1. The molecule has 0 atom stereocenters. The molecule has 1 N–H and O–H groups in total. The molecular weight excluding hydrogens is 286 g/mol. The molecular formula is C20H13NS. The zero-order valence-corrected chi connectivity index (χ0v) is 12.7. The zero-order chi connectivity index (χ0) is 14.5. The molecule has 0 fully saturated rings. The van der Waals surface area contributed by atoms with Gasteiger partial charge in [0.25, 0.3) is 0 Å². The van der Waals surface area contributed by atoms with Crippen LogP contribution in [0.3, 0.4) is 0 Å². The average molecular weight is 299 g/mol. The highest BCUT2D eigenvalue weighted by Gasteiger charge is 2.13. The lowest BCUT2D eigenvalue weighted by Crippen LogP contribution is -1.80. The van der Waals surface area contributed by atoms with Crippen molar-refractivity contribution in [2.75, 3.05) is 0 Å². The molecule has 22 heavy (non-hydrogen) atoms. The van der Waals surface area contributed by atoms with Crippen molar-refractivity contribution in [3.05, 3.63) is 71.8 Å². The van der Waals surface area contributed by atoms with Gasteiger partial charge in [0.1, 0.15) is 0 Å². The second-order valence-corrected chi connectivity index (χ2v) is 6.66. The Morgan fingerprint density at radius 3 is 2.45 bits per heavy atom. The highest BCUT2D eigenvalue weighted by atomic mass is 32.2. The third-order valence-electron chi connectivity index (χ3n) is 4.22. The summed E-state index contributed by atoms with van der Waals surface area (Å²) in [5.41, 5.74) is 4.99. The molecule has 0 unspecified atom stereocenters. The maximum atomic E-state index is 3.54. The number of para-hydroxylation sites is 1. The second kappa shape index (κ2) is 4.52. The maximum Gasteiger partial charge on any atom is 0.0476 e. The van der Waals surface area contributed by atoms with E-state index in [-0.39, 0.29) is 0 Å². The van der Waals surface area contributed by atoms with Crippen molar-refractivity contribution in [3.63, 3.8) is 0 Å². The fourth-order valence-electron chi connectivity index (χ4n) is 3.12. The Kier molecular flexibility index (Phi) is 2.49. The molecule has 0 saturated carbocycles. The zero-order valence-electron chi connectivity index (χ0n) is 11.8. The van der Waals surface area contributed by atoms with Crippen molar-refractivity contribution >= 4 is 45.7 Å². The molecule has 5 rings (SSSR count). The molecule has 3 aromatic carbocycles. The normalized spacial score (nSPS) is 13.1. The second-order valence-electron chi connectivity index (χ2n) is 5.58. The summed E-state index contributed by atoms with van der Waals surface area (Å²) in [5.74, 6) is 0. The van der Waals surface area contributed by atoms with Gasteiger partial charge in [0, 0.05) is 31.6 Å². The summed E-state index contributed by atoms with van der Waals surface area (Å²) in [5, 5.41) is 2.59. The van der Waals surface area contributed by atoms with Crippen LogP contribution in [0.4, 0.5) is 0 Å². The largest absolute Gasteiger partial charge is 0.354 e. The van der Waals surface area contributed by atoms with Crippen molar-refractivity contribution < 1.29 is 0 Å². The van der Waals surface area contributed by atoms with Crippen LogP contribution >= 0.6 is 11.8 Å². The van der Waals surface area contributed by atoms with Gasteiger partial charge in [-0.1, -0.05) is 60.3 Å². The predicted octanol–water partition coefficient (Wildman–Crippen LogP) is 5.96. The van der Waals surface area contributed by atoms with E-state index in [2.05, 4.69) is 77.8 Å². The van der Waals surface area contributed by atoms with Crippen LogP contribution in [0, 0.1) is 0 Å². The Balaban J connectivity index is 1.80. The molecule has 0 bridgehead atoms. The van der Waals surface area contributed by atoms with Crippen LogP contribution < -0.4 is 0 Å². The molecule has 1 aliphatic rings. The number of nitrogens with one attached hydrogen (secondary N) is 1. The summed E-state index contributed by atoms with van der Waals surface area (Å²) in [6.07, 6.45) is 4.45. The van der Waals surface area contributed by atoms with Gasteiger partial charge in [-0.2, -0.15) is 0 Å². The summed E-state index contributed by atoms with van der Waals surface area (Å²) in [7, 11) is 0. The van der Waals surface area contributed by atoms with Crippen LogP contribution in [-0.2, 0) is 0 Å². The minimum absolute atomic E-state index is 1.20. The van der Waals surface area contributed by atoms with Gasteiger partial charge in [0.05, 0.1) is 0 Å². The monoisotopic (exact) mass is 299 g/mol. The van der Waals surface area contributed by atoms with Gasteiger partial charge >= 0.3 is 0 Å². The van der Waals surface area contributed by atoms with Crippen molar-refractivity contribution in [1.29, 1.82) is 0 Å². The number of fused-ring (bicyclic) bond motifs is 5. The molecule has 2 heteroatoms. The van der Waals surface area contributed by atoms with Crippen LogP contribution in [0.1, 0.15) is 11.1 Å². The Morgan fingerprint density at radius 2 is 1.45 bits per heavy atom. The third kappa shape index (κ3) is 1.74. The van der Waals surface area contributed by atoms with Crippen LogP contribution in [-0.4, -0.2) is 4.98 Å². The van der Waals surface area contributed by atoms with Crippen LogP contribution in [0.25, 0.3) is 34.0 Å². The molecule has 1 nitrogen and oxygen atoms in total. The molecule has 1 aromatic heterocycles. The molecule has 0 spiro atoms. The average Bonchev–Trinajstić information content (AvgIpc) is 2.80. The van der Waals surface area contributed by atoms with E-state index >= 15 is 0 Å². The van der Waals surface area contributed by atoms with Crippen molar-refractivity contribution in [1.82, 2.24) is 4.98 Å². The van der Waals surface area contributed by atoms with E-state index in [1.54, 1.807) is 0 Å². The summed E-state index contributed by atoms with van der Waals surface area (Å²) < 4.78 is 0. The Bertz CT molecular complexity index is 1060. The topological polar surface area (TPSA) is 15.8 Å². The van der Waals surface area contributed by atoms with Crippen molar-refractivity contribution in [3.8, 4) is 0 Å². The quantitative estimate of drug-likeness (QED) is 0.373. The van der Waals surface area contributed by atoms with Crippen LogP contribution in [0.2, 0.25) is 0 Å². The Hall–Kier alpha value is -2.45. The summed E-state index contributed by atoms with van der Waals surface area (Å²) in [4.78, 5) is 6.15. The van der Waals surface area contributed by atoms with E-state index in [4.69, 9.17) is 0 Å². The summed E-state index contributed by atoms with van der Waals surface area (Å²) in [6.45, 7) is 0. The summed E-state index contributed by atoms with van der Waals surface area (Å²) in [6, 6.07) is 21.6. The number of hydrogen-bond acceptors (Lipinski definition) is 1. The van der Waals surface area contributed by atoms with Gasteiger partial charge in [-0.15, -0.1) is 0 Å². The van der Waals surface area contributed by atoms with Gasteiger partial charge in [0.15, 0.2) is 0 Å². The SMILES string of the molecule is C1=Cc2cc3c(cc2Sc2ccccc21)[nH]c1ccccc13. The predicted molar refractivity (Wildman–Crippen MR) is 95.3 cm³/mol. The highest BCUT2D eigenvalue weighted by molar-refractivity contribution is 7.99. The van der Waals surface area contributed by atoms with E-state index in [0.29, 0.717) is 0 Å². The van der Waals surface area contributed by atoms with Gasteiger partial charge in [-0.3, -0.25) is 0 Å². The van der Waals surface area contributed by atoms with E-state index in [1.807, 2.05) is 11.8 Å². The van der Waals surface area contributed by atoms with Gasteiger partial charge in [0.2, 0.25) is 0 Å². The minimum atomic E-state index is 1.20. The molecule has 104 valence electrons.